The number of aryl methyl sites for hydroxylation is 1. The van der Waals surface area contributed by atoms with Crippen LogP contribution in [-0.4, -0.2) is 65.4 Å². The number of nitrogens with one attached hydrogen (secondary N) is 1. The van der Waals surface area contributed by atoms with Gasteiger partial charge in [-0.15, -0.1) is 0 Å². The first-order valence-corrected chi connectivity index (χ1v) is 9.66. The van der Waals surface area contributed by atoms with E-state index in [1.807, 2.05) is 19.2 Å². The van der Waals surface area contributed by atoms with Gasteiger partial charge in [-0.2, -0.15) is 4.98 Å². The molecule has 2 aromatic heterocycles. The molecule has 1 unspecified atom stereocenters. The van der Waals surface area contributed by atoms with Gasteiger partial charge in [-0.05, 0) is 32.8 Å². The molecular formula is C19H27N7O. The number of hydrogen-bond acceptors (Lipinski definition) is 8. The van der Waals surface area contributed by atoms with Crippen molar-refractivity contribution in [2.45, 2.75) is 32.7 Å². The van der Waals surface area contributed by atoms with Crippen molar-refractivity contribution in [2.24, 2.45) is 0 Å². The molecular weight excluding hydrogens is 342 g/mol. The summed E-state index contributed by atoms with van der Waals surface area (Å²) in [7, 11) is 0. The second-order valence-electron chi connectivity index (χ2n) is 7.18. The van der Waals surface area contributed by atoms with Crippen molar-refractivity contribution in [1.82, 2.24) is 19.9 Å². The van der Waals surface area contributed by atoms with Crippen molar-refractivity contribution in [1.29, 1.82) is 0 Å². The SMILES string of the molecule is Cc1ncnc(N2CCCC(Nc3ccnc(N4CCOCC4)n3)C2)c1C. The Bertz CT molecular complexity index is 778. The monoisotopic (exact) mass is 369 g/mol. The summed E-state index contributed by atoms with van der Waals surface area (Å²) in [6.07, 6.45) is 5.74. The summed E-state index contributed by atoms with van der Waals surface area (Å²) in [6, 6.07) is 2.28. The van der Waals surface area contributed by atoms with Crippen LogP contribution in [0.3, 0.4) is 0 Å². The highest BCUT2D eigenvalue weighted by Gasteiger charge is 2.23. The zero-order valence-corrected chi connectivity index (χ0v) is 16.1. The number of nitrogens with zero attached hydrogens (tertiary/aromatic N) is 6. The first-order valence-electron chi connectivity index (χ1n) is 9.66. The maximum absolute atomic E-state index is 5.42. The van der Waals surface area contributed by atoms with Gasteiger partial charge in [0.25, 0.3) is 0 Å². The quantitative estimate of drug-likeness (QED) is 0.874. The zero-order chi connectivity index (χ0) is 18.6. The molecule has 1 N–H and O–H groups in total. The average Bonchev–Trinajstić information content (AvgIpc) is 2.71. The highest BCUT2D eigenvalue weighted by atomic mass is 16.5. The smallest absolute Gasteiger partial charge is 0.227 e. The van der Waals surface area contributed by atoms with Crippen LogP contribution in [0.25, 0.3) is 0 Å². The molecule has 0 saturated carbocycles. The van der Waals surface area contributed by atoms with Gasteiger partial charge in [0.15, 0.2) is 0 Å². The number of hydrogen-bond donors (Lipinski definition) is 1. The lowest BCUT2D eigenvalue weighted by atomic mass is 10.0. The van der Waals surface area contributed by atoms with Gasteiger partial charge in [0.05, 0.1) is 13.2 Å². The minimum Gasteiger partial charge on any atom is -0.378 e. The molecule has 144 valence electrons. The molecule has 2 saturated heterocycles. The Morgan fingerprint density at radius 1 is 1.07 bits per heavy atom. The molecule has 2 aliphatic rings. The Balaban J connectivity index is 1.44. The van der Waals surface area contributed by atoms with E-state index in [-0.39, 0.29) is 0 Å². The third-order valence-corrected chi connectivity index (χ3v) is 5.32. The van der Waals surface area contributed by atoms with Crippen LogP contribution in [0.15, 0.2) is 18.6 Å². The van der Waals surface area contributed by atoms with Crippen LogP contribution < -0.4 is 15.1 Å². The third kappa shape index (κ3) is 4.10. The summed E-state index contributed by atoms with van der Waals surface area (Å²) in [5, 5.41) is 3.60. The first kappa shape index (κ1) is 17.9. The van der Waals surface area contributed by atoms with Crippen LogP contribution in [0.1, 0.15) is 24.1 Å². The van der Waals surface area contributed by atoms with Crippen LogP contribution in [0.2, 0.25) is 0 Å². The maximum Gasteiger partial charge on any atom is 0.227 e. The highest BCUT2D eigenvalue weighted by molar-refractivity contribution is 5.49. The summed E-state index contributed by atoms with van der Waals surface area (Å²) in [5.74, 6) is 2.71. The standard InChI is InChI=1S/C19H27N7O/c1-14-15(2)21-13-22-18(14)26-7-3-4-16(12-26)23-17-5-6-20-19(24-17)25-8-10-27-11-9-25/h5-6,13,16H,3-4,7-12H2,1-2H3,(H,20,23,24). The molecule has 0 spiro atoms. The Morgan fingerprint density at radius 2 is 1.93 bits per heavy atom. The molecule has 0 aliphatic carbocycles. The van der Waals surface area contributed by atoms with E-state index >= 15 is 0 Å². The topological polar surface area (TPSA) is 79.3 Å². The van der Waals surface area contributed by atoms with E-state index in [9.17, 15) is 0 Å². The van der Waals surface area contributed by atoms with Crippen molar-refractivity contribution in [3.63, 3.8) is 0 Å². The molecule has 0 amide bonds. The van der Waals surface area contributed by atoms with Crippen LogP contribution >= 0.6 is 0 Å². The fraction of sp³-hybridized carbons (Fsp3) is 0.579. The van der Waals surface area contributed by atoms with Crippen molar-refractivity contribution in [2.75, 3.05) is 54.5 Å². The largest absolute Gasteiger partial charge is 0.378 e. The van der Waals surface area contributed by atoms with E-state index in [4.69, 9.17) is 9.72 Å². The summed E-state index contributed by atoms with van der Waals surface area (Å²) >= 11 is 0. The van der Waals surface area contributed by atoms with E-state index in [0.717, 1.165) is 81.1 Å². The molecule has 0 bridgehead atoms. The first-order chi connectivity index (χ1) is 13.2. The van der Waals surface area contributed by atoms with Crippen molar-refractivity contribution >= 4 is 17.6 Å². The molecule has 2 aliphatic heterocycles. The Labute approximate surface area is 160 Å². The van der Waals surface area contributed by atoms with Crippen LogP contribution in [0.4, 0.5) is 17.6 Å². The number of morpholine rings is 1. The van der Waals surface area contributed by atoms with Crippen molar-refractivity contribution in [3.05, 3.63) is 29.8 Å². The lowest BCUT2D eigenvalue weighted by Gasteiger charge is -2.35. The minimum atomic E-state index is 0.334. The minimum absolute atomic E-state index is 0.334. The molecule has 2 fully saturated rings. The Morgan fingerprint density at radius 3 is 2.78 bits per heavy atom. The summed E-state index contributed by atoms with van der Waals surface area (Å²) in [4.78, 5) is 22.5. The molecule has 4 heterocycles. The highest BCUT2D eigenvalue weighted by Crippen LogP contribution is 2.24. The predicted octanol–water partition coefficient (Wildman–Crippen LogP) is 1.80. The Kier molecular flexibility index (Phi) is 5.33. The van der Waals surface area contributed by atoms with Gasteiger partial charge >= 0.3 is 0 Å². The molecule has 4 rings (SSSR count). The second kappa shape index (κ2) is 8.04. The summed E-state index contributed by atoms with van der Waals surface area (Å²) < 4.78 is 5.42. The molecule has 8 nitrogen and oxygen atoms in total. The number of rotatable bonds is 4. The fourth-order valence-electron chi connectivity index (χ4n) is 3.69. The number of aromatic nitrogens is 4. The maximum atomic E-state index is 5.42. The summed E-state index contributed by atoms with van der Waals surface area (Å²) in [6.45, 7) is 9.22. The third-order valence-electron chi connectivity index (χ3n) is 5.32. The molecule has 0 aromatic carbocycles. The van der Waals surface area contributed by atoms with Gasteiger partial charge in [0, 0.05) is 49.7 Å². The van der Waals surface area contributed by atoms with Gasteiger partial charge in [0.2, 0.25) is 5.95 Å². The molecule has 1 atom stereocenters. The zero-order valence-electron chi connectivity index (χ0n) is 16.1. The van der Waals surface area contributed by atoms with E-state index in [1.54, 1.807) is 6.33 Å². The molecule has 0 radical (unpaired) electrons. The lowest BCUT2D eigenvalue weighted by molar-refractivity contribution is 0.122. The Hall–Kier alpha value is -2.48. The van der Waals surface area contributed by atoms with Crippen molar-refractivity contribution < 1.29 is 4.74 Å². The van der Waals surface area contributed by atoms with Crippen molar-refractivity contribution in [3.8, 4) is 0 Å². The van der Waals surface area contributed by atoms with E-state index in [0.29, 0.717) is 6.04 Å². The van der Waals surface area contributed by atoms with Crippen LogP contribution in [-0.2, 0) is 4.74 Å². The molecule has 2 aromatic rings. The van der Waals surface area contributed by atoms with Gasteiger partial charge in [-0.25, -0.2) is 15.0 Å². The normalized spacial score (nSPS) is 20.6. The van der Waals surface area contributed by atoms with E-state index < -0.39 is 0 Å². The molecule has 8 heteroatoms. The summed E-state index contributed by atoms with van der Waals surface area (Å²) in [5.41, 5.74) is 2.20. The fourth-order valence-corrected chi connectivity index (χ4v) is 3.69. The van der Waals surface area contributed by atoms with Crippen LogP contribution in [0, 0.1) is 13.8 Å². The molecule has 27 heavy (non-hydrogen) atoms. The van der Waals surface area contributed by atoms with Crippen LogP contribution in [0.5, 0.6) is 0 Å². The second-order valence-corrected chi connectivity index (χ2v) is 7.18. The lowest BCUT2D eigenvalue weighted by Crippen LogP contribution is -2.43. The number of piperidine rings is 1. The number of ether oxygens (including phenoxy) is 1. The van der Waals surface area contributed by atoms with E-state index in [1.165, 1.54) is 0 Å². The van der Waals surface area contributed by atoms with Gasteiger partial charge in [0.1, 0.15) is 18.0 Å². The predicted molar refractivity (Wildman–Crippen MR) is 105 cm³/mol. The average molecular weight is 369 g/mol. The number of anilines is 3. The van der Waals surface area contributed by atoms with Gasteiger partial charge in [-0.3, -0.25) is 0 Å². The van der Waals surface area contributed by atoms with Gasteiger partial charge in [-0.1, -0.05) is 0 Å². The van der Waals surface area contributed by atoms with E-state index in [2.05, 4.69) is 37.0 Å². The van der Waals surface area contributed by atoms with Gasteiger partial charge < -0.3 is 19.9 Å².